The van der Waals surface area contributed by atoms with E-state index in [1.54, 1.807) is 0 Å². The van der Waals surface area contributed by atoms with Gasteiger partial charge in [0.1, 0.15) is 5.82 Å². The normalized spacial score (nSPS) is 12.5. The van der Waals surface area contributed by atoms with Gasteiger partial charge in [0.15, 0.2) is 5.69 Å². The van der Waals surface area contributed by atoms with E-state index < -0.39 is 28.8 Å². The second kappa shape index (κ2) is 8.24. The molecule has 0 aliphatic heterocycles. The van der Waals surface area contributed by atoms with E-state index >= 15 is 0 Å². The van der Waals surface area contributed by atoms with Crippen molar-refractivity contribution in [2.45, 2.75) is 18.0 Å². The molecule has 10 heteroatoms. The first-order valence-corrected chi connectivity index (χ1v) is 8.38. The van der Waals surface area contributed by atoms with Gasteiger partial charge in [0.2, 0.25) is 0 Å². The van der Waals surface area contributed by atoms with Crippen LogP contribution in [0.3, 0.4) is 0 Å². The molecule has 0 spiro atoms. The van der Waals surface area contributed by atoms with E-state index in [2.05, 4.69) is 5.10 Å². The molecule has 1 aromatic heterocycles. The SMILES string of the molecule is Cc1ccc(-n2nc(C(F)(F)F)cc2-c2ccc(S(=O)[O-])cc2)cc1F.[Na+]. The minimum Gasteiger partial charge on any atom is -0.768 e. The molecular formula is C17H11F4N2NaO2S. The fourth-order valence-electron chi connectivity index (χ4n) is 2.37. The van der Waals surface area contributed by atoms with Crippen molar-refractivity contribution in [1.29, 1.82) is 0 Å². The second-order valence-corrected chi connectivity index (χ2v) is 6.46. The van der Waals surface area contributed by atoms with Crippen molar-refractivity contribution >= 4 is 11.1 Å². The van der Waals surface area contributed by atoms with Crippen molar-refractivity contribution in [1.82, 2.24) is 9.78 Å². The van der Waals surface area contributed by atoms with E-state index in [0.717, 1.165) is 16.8 Å². The van der Waals surface area contributed by atoms with Crippen LogP contribution >= 0.6 is 0 Å². The second-order valence-electron chi connectivity index (χ2n) is 5.52. The Hall–Kier alpha value is -1.52. The molecule has 0 saturated heterocycles. The number of aromatic nitrogens is 2. The van der Waals surface area contributed by atoms with Crippen molar-refractivity contribution in [3.05, 3.63) is 65.6 Å². The van der Waals surface area contributed by atoms with E-state index in [9.17, 15) is 26.3 Å². The Kier molecular flexibility index (Phi) is 6.64. The number of alkyl halides is 3. The molecule has 136 valence electrons. The number of aryl methyl sites for hydroxylation is 1. The summed E-state index contributed by atoms with van der Waals surface area (Å²) < 4.78 is 76.0. The summed E-state index contributed by atoms with van der Waals surface area (Å²) in [5.74, 6) is -0.574. The molecule has 3 aromatic rings. The van der Waals surface area contributed by atoms with Crippen LogP contribution in [0.5, 0.6) is 0 Å². The summed E-state index contributed by atoms with van der Waals surface area (Å²) in [5, 5.41) is 3.56. The largest absolute Gasteiger partial charge is 1.00 e. The van der Waals surface area contributed by atoms with Crippen molar-refractivity contribution in [3.63, 3.8) is 0 Å². The average molecular weight is 406 g/mol. The van der Waals surface area contributed by atoms with Crippen LogP contribution in [-0.4, -0.2) is 18.5 Å². The van der Waals surface area contributed by atoms with Gasteiger partial charge < -0.3 is 4.55 Å². The third-order valence-corrected chi connectivity index (χ3v) is 4.40. The van der Waals surface area contributed by atoms with E-state index in [-0.39, 0.29) is 45.8 Å². The van der Waals surface area contributed by atoms with Crippen LogP contribution < -0.4 is 29.6 Å². The monoisotopic (exact) mass is 406 g/mol. The third kappa shape index (κ3) is 4.67. The Balaban J connectivity index is 0.00000261. The first-order valence-electron chi connectivity index (χ1n) is 7.30. The molecular weight excluding hydrogens is 395 g/mol. The van der Waals surface area contributed by atoms with Gasteiger partial charge in [-0.15, -0.1) is 0 Å². The minimum absolute atomic E-state index is 0. The smallest absolute Gasteiger partial charge is 0.768 e. The molecule has 2 aromatic carbocycles. The van der Waals surface area contributed by atoms with Crippen LogP contribution in [-0.2, 0) is 17.3 Å². The van der Waals surface area contributed by atoms with Gasteiger partial charge in [-0.05, 0) is 53.9 Å². The predicted octanol–water partition coefficient (Wildman–Crippen LogP) is 1.25. The Labute approximate surface area is 176 Å². The van der Waals surface area contributed by atoms with E-state index in [1.165, 1.54) is 43.3 Å². The standard InChI is InChI=1S/C17H12F4N2O2S.Na/c1-10-2-5-12(8-14(10)18)23-15(9-16(22-23)17(19,20)21)11-3-6-13(7-4-11)26(24)25;/h2-9H,1H3,(H,24,25);/q;+1/p-1. The van der Waals surface area contributed by atoms with Crippen molar-refractivity contribution in [2.75, 3.05) is 0 Å². The van der Waals surface area contributed by atoms with Gasteiger partial charge >= 0.3 is 35.7 Å². The molecule has 0 aliphatic carbocycles. The molecule has 0 saturated carbocycles. The van der Waals surface area contributed by atoms with Crippen molar-refractivity contribution < 1.29 is 55.9 Å². The summed E-state index contributed by atoms with van der Waals surface area (Å²) in [6, 6.07) is 10.1. The molecule has 0 fully saturated rings. The Morgan fingerprint density at radius 3 is 2.22 bits per heavy atom. The Morgan fingerprint density at radius 2 is 1.70 bits per heavy atom. The number of halogens is 4. The van der Waals surface area contributed by atoms with Crippen LogP contribution in [0.1, 0.15) is 11.3 Å². The van der Waals surface area contributed by atoms with Gasteiger partial charge in [0.05, 0.1) is 11.4 Å². The zero-order valence-corrected chi connectivity index (χ0v) is 17.1. The van der Waals surface area contributed by atoms with Crippen molar-refractivity contribution in [3.8, 4) is 16.9 Å². The molecule has 0 amide bonds. The van der Waals surface area contributed by atoms with Crippen LogP contribution in [0.25, 0.3) is 16.9 Å². The van der Waals surface area contributed by atoms with Gasteiger partial charge in [-0.1, -0.05) is 18.2 Å². The summed E-state index contributed by atoms with van der Waals surface area (Å²) in [7, 11) is 0. The van der Waals surface area contributed by atoms with Crippen LogP contribution in [0.2, 0.25) is 0 Å². The zero-order valence-electron chi connectivity index (χ0n) is 14.2. The molecule has 0 bridgehead atoms. The van der Waals surface area contributed by atoms with Crippen LogP contribution in [0.4, 0.5) is 17.6 Å². The Bertz CT molecular complexity index is 988. The molecule has 0 N–H and O–H groups in total. The van der Waals surface area contributed by atoms with Crippen molar-refractivity contribution in [2.24, 2.45) is 0 Å². The molecule has 1 unspecified atom stereocenters. The maximum Gasteiger partial charge on any atom is 1.00 e. The van der Waals surface area contributed by atoms with E-state index in [0.29, 0.717) is 11.1 Å². The number of nitrogens with zero attached hydrogens (tertiary/aromatic N) is 2. The first-order chi connectivity index (χ1) is 12.2. The first kappa shape index (κ1) is 21.8. The number of hydrogen-bond donors (Lipinski definition) is 0. The molecule has 1 heterocycles. The van der Waals surface area contributed by atoms with Crippen LogP contribution in [0, 0.1) is 12.7 Å². The van der Waals surface area contributed by atoms with Gasteiger partial charge in [-0.3, -0.25) is 4.21 Å². The summed E-state index contributed by atoms with van der Waals surface area (Å²) in [5.41, 5.74) is -0.298. The molecule has 1 atom stereocenters. The maximum absolute atomic E-state index is 13.8. The van der Waals surface area contributed by atoms with Gasteiger partial charge in [0, 0.05) is 10.5 Å². The molecule has 0 aliphatic rings. The summed E-state index contributed by atoms with van der Waals surface area (Å²) in [4.78, 5) is -0.00256. The molecule has 4 nitrogen and oxygen atoms in total. The number of benzene rings is 2. The number of rotatable bonds is 3. The fourth-order valence-corrected chi connectivity index (χ4v) is 2.73. The molecule has 0 radical (unpaired) electrons. The summed E-state index contributed by atoms with van der Waals surface area (Å²) in [6.07, 6.45) is -4.68. The summed E-state index contributed by atoms with van der Waals surface area (Å²) >= 11 is -2.45. The number of hydrogen-bond acceptors (Lipinski definition) is 3. The van der Waals surface area contributed by atoms with Gasteiger partial charge in [0.25, 0.3) is 0 Å². The summed E-state index contributed by atoms with van der Waals surface area (Å²) in [6.45, 7) is 1.53. The maximum atomic E-state index is 13.8. The quantitative estimate of drug-likeness (QED) is 0.374. The molecule has 3 rings (SSSR count). The van der Waals surface area contributed by atoms with Gasteiger partial charge in [-0.25, -0.2) is 9.07 Å². The minimum atomic E-state index is -4.68. The van der Waals surface area contributed by atoms with Gasteiger partial charge in [-0.2, -0.15) is 18.3 Å². The average Bonchev–Trinajstić information content (AvgIpc) is 3.03. The topological polar surface area (TPSA) is 58.0 Å². The third-order valence-electron chi connectivity index (χ3n) is 3.74. The fraction of sp³-hybridized carbons (Fsp3) is 0.118. The van der Waals surface area contributed by atoms with E-state index in [1.807, 2.05) is 0 Å². The van der Waals surface area contributed by atoms with E-state index in [4.69, 9.17) is 0 Å². The Morgan fingerprint density at radius 1 is 1.07 bits per heavy atom. The zero-order chi connectivity index (χ0) is 19.1. The van der Waals surface area contributed by atoms with Crippen LogP contribution in [0.15, 0.2) is 53.4 Å². The predicted molar refractivity (Wildman–Crippen MR) is 85.9 cm³/mol. The molecule has 27 heavy (non-hydrogen) atoms.